The molecule has 0 saturated carbocycles. The summed E-state index contributed by atoms with van der Waals surface area (Å²) >= 11 is 0. The summed E-state index contributed by atoms with van der Waals surface area (Å²) in [7, 11) is 0. The summed E-state index contributed by atoms with van der Waals surface area (Å²) in [4.78, 5) is 25.1. The van der Waals surface area contributed by atoms with E-state index in [-0.39, 0.29) is 0 Å². The Balaban J connectivity index is 1.63. The molecule has 0 unspecified atom stereocenters. The van der Waals surface area contributed by atoms with E-state index in [1.54, 1.807) is 24.3 Å². The number of hydrogen-bond acceptors (Lipinski definition) is 5. The molecule has 0 radical (unpaired) electrons. The van der Waals surface area contributed by atoms with Crippen LogP contribution in [0.1, 0.15) is 5.56 Å². The summed E-state index contributed by atoms with van der Waals surface area (Å²) in [6.07, 6.45) is 2.27. The lowest BCUT2D eigenvalue weighted by Crippen LogP contribution is -2.10. The lowest BCUT2D eigenvalue weighted by Gasteiger charge is -2.26. The molecule has 5 heteroatoms. The Morgan fingerprint density at radius 1 is 0.583 bits per heavy atom. The van der Waals surface area contributed by atoms with Crippen LogP contribution in [0.2, 0.25) is 0 Å². The van der Waals surface area contributed by atoms with E-state index in [9.17, 15) is 9.59 Å². The summed E-state index contributed by atoms with van der Waals surface area (Å²) in [5.74, 6) is -0.0751. The van der Waals surface area contributed by atoms with Gasteiger partial charge in [-0.25, -0.2) is 9.59 Å². The largest absolute Gasteiger partial charge is 0.423 e. The maximum atomic E-state index is 11.5. The predicted molar refractivity (Wildman–Crippen MR) is 143 cm³/mol. The first kappa shape index (κ1) is 24.2. The van der Waals surface area contributed by atoms with Crippen molar-refractivity contribution in [2.45, 2.75) is 6.92 Å². The third kappa shape index (κ3) is 5.77. The number of ether oxygens (including phenoxy) is 2. The molecule has 0 heterocycles. The van der Waals surface area contributed by atoms with Crippen molar-refractivity contribution in [3.63, 3.8) is 0 Å². The van der Waals surface area contributed by atoms with Gasteiger partial charge in [-0.05, 0) is 78.7 Å². The topological polar surface area (TPSA) is 55.8 Å². The number of nitrogens with zero attached hydrogens (tertiary/aromatic N) is 1. The zero-order valence-electron chi connectivity index (χ0n) is 19.9. The Kier molecular flexibility index (Phi) is 7.42. The van der Waals surface area contributed by atoms with E-state index < -0.39 is 11.9 Å². The number of benzene rings is 4. The molecule has 0 spiro atoms. The quantitative estimate of drug-likeness (QED) is 0.152. The molecule has 0 aliphatic carbocycles. The fraction of sp³-hybridized carbons (Fsp3) is 0.0323. The number of rotatable bonds is 8. The van der Waals surface area contributed by atoms with Crippen LogP contribution in [0.15, 0.2) is 122 Å². The Bertz CT molecular complexity index is 1370. The minimum absolute atomic E-state index is 0.449. The van der Waals surface area contributed by atoms with Gasteiger partial charge in [0.2, 0.25) is 0 Å². The highest BCUT2D eigenvalue weighted by Gasteiger charge is 2.13. The molecule has 4 aromatic rings. The summed E-state index contributed by atoms with van der Waals surface area (Å²) in [6, 6.07) is 31.1. The van der Waals surface area contributed by atoms with Crippen molar-refractivity contribution in [2.24, 2.45) is 0 Å². The average Bonchev–Trinajstić information content (AvgIpc) is 2.91. The molecule has 178 valence electrons. The standard InChI is InChI=1S/C31H25NO4/c1-4-30(33)35-28-18-10-24(11-19-28)23-8-14-26(15-9-23)32(25-12-6-22(3)7-13-25)27-16-20-29(21-17-27)36-31(34)5-2/h4-21H,1-2H2,3H3. The van der Waals surface area contributed by atoms with Crippen molar-refractivity contribution in [1.82, 2.24) is 0 Å². The van der Waals surface area contributed by atoms with E-state index in [2.05, 4.69) is 49.2 Å². The minimum atomic E-state index is -0.499. The first-order valence-electron chi connectivity index (χ1n) is 11.3. The van der Waals surface area contributed by atoms with Gasteiger partial charge in [0.25, 0.3) is 0 Å². The smallest absolute Gasteiger partial charge is 0.335 e. The van der Waals surface area contributed by atoms with Crippen molar-refractivity contribution >= 4 is 29.0 Å². The van der Waals surface area contributed by atoms with Crippen LogP contribution in [0.25, 0.3) is 11.1 Å². The molecule has 0 bridgehead atoms. The lowest BCUT2D eigenvalue weighted by atomic mass is 10.0. The third-order valence-corrected chi connectivity index (χ3v) is 5.47. The first-order chi connectivity index (χ1) is 17.5. The normalized spacial score (nSPS) is 10.2. The molecule has 36 heavy (non-hydrogen) atoms. The molecule has 4 aromatic carbocycles. The highest BCUT2D eigenvalue weighted by molar-refractivity contribution is 5.84. The second-order valence-electron chi connectivity index (χ2n) is 7.99. The molecule has 0 saturated heterocycles. The summed E-state index contributed by atoms with van der Waals surface area (Å²) < 4.78 is 10.4. The van der Waals surface area contributed by atoms with Gasteiger partial charge in [-0.1, -0.05) is 55.1 Å². The molecule has 0 atom stereocenters. The average molecular weight is 476 g/mol. The van der Waals surface area contributed by atoms with Gasteiger partial charge < -0.3 is 14.4 Å². The second kappa shape index (κ2) is 11.0. The van der Waals surface area contributed by atoms with Crippen LogP contribution < -0.4 is 14.4 Å². The molecule has 0 N–H and O–H groups in total. The van der Waals surface area contributed by atoms with E-state index in [0.717, 1.165) is 40.3 Å². The van der Waals surface area contributed by atoms with Crippen LogP contribution in [0.4, 0.5) is 17.1 Å². The molecule has 4 rings (SSSR count). The molecular formula is C31H25NO4. The van der Waals surface area contributed by atoms with Crippen LogP contribution in [-0.4, -0.2) is 11.9 Å². The van der Waals surface area contributed by atoms with E-state index in [0.29, 0.717) is 11.5 Å². The number of aryl methyl sites for hydroxylation is 1. The van der Waals surface area contributed by atoms with Crippen molar-refractivity contribution in [2.75, 3.05) is 4.90 Å². The van der Waals surface area contributed by atoms with Crippen LogP contribution >= 0.6 is 0 Å². The lowest BCUT2D eigenvalue weighted by molar-refractivity contribution is -0.129. The monoisotopic (exact) mass is 475 g/mol. The summed E-state index contributed by atoms with van der Waals surface area (Å²) in [6.45, 7) is 8.89. The van der Waals surface area contributed by atoms with Gasteiger partial charge in [0.1, 0.15) is 11.5 Å². The molecule has 0 fully saturated rings. The first-order valence-corrected chi connectivity index (χ1v) is 11.3. The zero-order valence-corrected chi connectivity index (χ0v) is 19.9. The number of carbonyl (C=O) groups is 2. The van der Waals surface area contributed by atoms with Gasteiger partial charge in [-0.3, -0.25) is 0 Å². The van der Waals surface area contributed by atoms with E-state index >= 15 is 0 Å². The Hall–Kier alpha value is -4.90. The van der Waals surface area contributed by atoms with Gasteiger partial charge in [-0.15, -0.1) is 0 Å². The van der Waals surface area contributed by atoms with Crippen molar-refractivity contribution in [3.8, 4) is 22.6 Å². The van der Waals surface area contributed by atoms with E-state index in [1.165, 1.54) is 5.56 Å². The van der Waals surface area contributed by atoms with Gasteiger partial charge in [-0.2, -0.15) is 0 Å². The zero-order chi connectivity index (χ0) is 25.5. The molecule has 0 amide bonds. The Labute approximate surface area is 210 Å². The van der Waals surface area contributed by atoms with Crippen LogP contribution in [0, 0.1) is 6.92 Å². The number of hydrogen-bond donors (Lipinski definition) is 0. The van der Waals surface area contributed by atoms with Gasteiger partial charge >= 0.3 is 11.9 Å². The molecule has 0 aromatic heterocycles. The molecule has 0 aliphatic heterocycles. The van der Waals surface area contributed by atoms with E-state index in [4.69, 9.17) is 9.47 Å². The van der Waals surface area contributed by atoms with Crippen LogP contribution in [0.5, 0.6) is 11.5 Å². The SMILES string of the molecule is C=CC(=O)Oc1ccc(-c2ccc(N(c3ccc(C)cc3)c3ccc(OC(=O)C=C)cc3)cc2)cc1. The number of carbonyl (C=O) groups excluding carboxylic acids is 2. The summed E-state index contributed by atoms with van der Waals surface area (Å²) in [5.41, 5.74) is 6.07. The van der Waals surface area contributed by atoms with Crippen LogP contribution in [0.3, 0.4) is 0 Å². The molecule has 5 nitrogen and oxygen atoms in total. The Morgan fingerprint density at radius 2 is 0.917 bits per heavy atom. The fourth-order valence-corrected chi connectivity index (χ4v) is 3.64. The highest BCUT2D eigenvalue weighted by Crippen LogP contribution is 2.36. The summed E-state index contributed by atoms with van der Waals surface area (Å²) in [5, 5.41) is 0. The molecule has 0 aliphatic rings. The Morgan fingerprint density at radius 3 is 1.33 bits per heavy atom. The van der Waals surface area contributed by atoms with Crippen LogP contribution in [-0.2, 0) is 9.59 Å². The van der Waals surface area contributed by atoms with E-state index in [1.807, 2.05) is 48.5 Å². The maximum absolute atomic E-state index is 11.5. The van der Waals surface area contributed by atoms with Gasteiger partial charge in [0, 0.05) is 29.2 Å². The van der Waals surface area contributed by atoms with Crippen molar-refractivity contribution < 1.29 is 19.1 Å². The second-order valence-corrected chi connectivity index (χ2v) is 7.99. The van der Waals surface area contributed by atoms with Crippen molar-refractivity contribution in [3.05, 3.63) is 128 Å². The number of esters is 2. The minimum Gasteiger partial charge on any atom is -0.423 e. The van der Waals surface area contributed by atoms with Gasteiger partial charge in [0.05, 0.1) is 0 Å². The third-order valence-electron chi connectivity index (χ3n) is 5.47. The number of anilines is 3. The van der Waals surface area contributed by atoms with Crippen molar-refractivity contribution in [1.29, 1.82) is 0 Å². The highest BCUT2D eigenvalue weighted by atomic mass is 16.5. The fourth-order valence-electron chi connectivity index (χ4n) is 3.64. The maximum Gasteiger partial charge on any atom is 0.335 e. The predicted octanol–water partition coefficient (Wildman–Crippen LogP) is 7.31. The molecular weight excluding hydrogens is 450 g/mol. The van der Waals surface area contributed by atoms with Gasteiger partial charge in [0.15, 0.2) is 0 Å².